The van der Waals surface area contributed by atoms with Crippen molar-refractivity contribution in [1.82, 2.24) is 19.9 Å². The van der Waals surface area contributed by atoms with Crippen LogP contribution in [0.15, 0.2) is 4.52 Å². The summed E-state index contributed by atoms with van der Waals surface area (Å²) in [5.41, 5.74) is 0. The van der Waals surface area contributed by atoms with Crippen molar-refractivity contribution in [3.8, 4) is 0 Å². The Morgan fingerprint density at radius 3 is 2.91 bits per heavy atom. The number of nitrogens with zero attached hydrogens (tertiary/aromatic N) is 4. The first-order valence-corrected chi connectivity index (χ1v) is 8.57. The Balaban J connectivity index is 1.59. The van der Waals surface area contributed by atoms with Gasteiger partial charge < -0.3 is 14.5 Å². The van der Waals surface area contributed by atoms with Gasteiger partial charge in [0.15, 0.2) is 5.82 Å². The molecule has 2 heterocycles. The third kappa shape index (κ3) is 4.09. The Bertz CT molecular complexity index is 543. The van der Waals surface area contributed by atoms with Crippen molar-refractivity contribution in [2.24, 2.45) is 0 Å². The zero-order chi connectivity index (χ0) is 16.4. The quantitative estimate of drug-likeness (QED) is 0.810. The molecule has 2 fully saturated rings. The minimum absolute atomic E-state index is 0.0330. The molecule has 1 aromatic rings. The Morgan fingerprint density at radius 2 is 2.26 bits per heavy atom. The molecule has 0 aromatic carbocycles. The van der Waals surface area contributed by atoms with Gasteiger partial charge in [-0.15, -0.1) is 0 Å². The number of aromatic nitrogens is 2. The van der Waals surface area contributed by atoms with Crippen LogP contribution < -0.4 is 0 Å². The van der Waals surface area contributed by atoms with Gasteiger partial charge in [-0.3, -0.25) is 9.69 Å². The summed E-state index contributed by atoms with van der Waals surface area (Å²) < 4.78 is 5.28. The van der Waals surface area contributed by atoms with E-state index < -0.39 is 0 Å². The highest BCUT2D eigenvalue weighted by Crippen LogP contribution is 2.38. The summed E-state index contributed by atoms with van der Waals surface area (Å²) in [4.78, 5) is 20.5. The molecule has 1 N–H and O–H groups in total. The summed E-state index contributed by atoms with van der Waals surface area (Å²) in [6.07, 6.45) is 3.62. The Morgan fingerprint density at radius 1 is 1.48 bits per heavy atom. The second-order valence-electron chi connectivity index (χ2n) is 6.73. The zero-order valence-corrected chi connectivity index (χ0v) is 13.9. The lowest BCUT2D eigenvalue weighted by Gasteiger charge is -2.27. The van der Waals surface area contributed by atoms with Crippen molar-refractivity contribution in [2.75, 3.05) is 19.6 Å². The highest BCUT2D eigenvalue weighted by Gasteiger charge is 2.33. The molecule has 1 aromatic heterocycles. The van der Waals surface area contributed by atoms with E-state index in [1.807, 2.05) is 11.8 Å². The van der Waals surface area contributed by atoms with Crippen LogP contribution in [0.5, 0.6) is 0 Å². The number of carbonyl (C=O) groups is 1. The summed E-state index contributed by atoms with van der Waals surface area (Å²) in [6.45, 7) is 6.35. The second kappa shape index (κ2) is 6.97. The SMILES string of the molecule is CC[C@@H](O)CN1CC[C@H](N(Cc2noc(C3CC3)n2)C(C)=O)C1. The number of hydrogen-bond donors (Lipinski definition) is 1. The van der Waals surface area contributed by atoms with Gasteiger partial charge in [-0.05, 0) is 25.7 Å². The van der Waals surface area contributed by atoms with Crippen molar-refractivity contribution in [3.63, 3.8) is 0 Å². The highest BCUT2D eigenvalue weighted by molar-refractivity contribution is 5.73. The largest absolute Gasteiger partial charge is 0.392 e. The van der Waals surface area contributed by atoms with Gasteiger partial charge in [-0.25, -0.2) is 0 Å². The molecular weight excluding hydrogens is 296 g/mol. The van der Waals surface area contributed by atoms with E-state index in [9.17, 15) is 9.90 Å². The number of aliphatic hydroxyl groups excluding tert-OH is 1. The van der Waals surface area contributed by atoms with Crippen LogP contribution in [0.2, 0.25) is 0 Å². The minimum Gasteiger partial charge on any atom is -0.392 e. The standard InChI is InChI=1S/C16H26N4O3/c1-3-14(22)9-19-7-6-13(8-19)20(11(2)21)10-15-17-16(23-18-15)12-4-5-12/h12-14,22H,3-10H2,1-2H3/t13-,14+/m0/s1. The summed E-state index contributed by atoms with van der Waals surface area (Å²) in [6, 6.07) is 0.152. The molecular formula is C16H26N4O3. The molecule has 1 saturated carbocycles. The monoisotopic (exact) mass is 322 g/mol. The van der Waals surface area contributed by atoms with E-state index in [1.165, 1.54) is 0 Å². The van der Waals surface area contributed by atoms with E-state index in [2.05, 4.69) is 15.0 Å². The molecule has 0 spiro atoms. The van der Waals surface area contributed by atoms with Crippen molar-refractivity contribution in [2.45, 2.75) is 64.1 Å². The average molecular weight is 322 g/mol. The highest BCUT2D eigenvalue weighted by atomic mass is 16.5. The van der Waals surface area contributed by atoms with Crippen LogP contribution in [-0.4, -0.2) is 62.7 Å². The summed E-state index contributed by atoms with van der Waals surface area (Å²) in [7, 11) is 0. The third-order valence-corrected chi connectivity index (χ3v) is 4.76. The van der Waals surface area contributed by atoms with Crippen LogP contribution >= 0.6 is 0 Å². The van der Waals surface area contributed by atoms with E-state index in [0.29, 0.717) is 30.7 Å². The molecule has 1 aliphatic heterocycles. The van der Waals surface area contributed by atoms with Gasteiger partial charge in [-0.2, -0.15) is 4.98 Å². The molecule has 0 bridgehead atoms. The van der Waals surface area contributed by atoms with E-state index in [0.717, 1.165) is 38.8 Å². The maximum Gasteiger partial charge on any atom is 0.229 e. The van der Waals surface area contributed by atoms with Gasteiger partial charge in [0, 0.05) is 38.5 Å². The molecule has 128 valence electrons. The van der Waals surface area contributed by atoms with Crippen molar-refractivity contribution in [1.29, 1.82) is 0 Å². The number of carbonyl (C=O) groups excluding carboxylic acids is 1. The minimum atomic E-state index is -0.294. The maximum atomic E-state index is 12.0. The molecule has 2 atom stereocenters. The molecule has 1 saturated heterocycles. The van der Waals surface area contributed by atoms with Gasteiger partial charge in [-0.1, -0.05) is 12.1 Å². The molecule has 3 rings (SSSR count). The number of aliphatic hydroxyl groups is 1. The molecule has 0 radical (unpaired) electrons. The number of likely N-dealkylation sites (tertiary alicyclic amines) is 1. The second-order valence-corrected chi connectivity index (χ2v) is 6.73. The predicted octanol–water partition coefficient (Wildman–Crippen LogP) is 1.14. The third-order valence-electron chi connectivity index (χ3n) is 4.76. The van der Waals surface area contributed by atoms with E-state index >= 15 is 0 Å². The molecule has 0 unspecified atom stereocenters. The molecule has 7 nitrogen and oxygen atoms in total. The summed E-state index contributed by atoms with van der Waals surface area (Å²) in [5, 5.41) is 13.8. The lowest BCUT2D eigenvalue weighted by Crippen LogP contribution is -2.41. The normalized spacial score (nSPS) is 23.2. The van der Waals surface area contributed by atoms with Crippen LogP contribution in [0.3, 0.4) is 0 Å². The van der Waals surface area contributed by atoms with E-state index in [1.54, 1.807) is 6.92 Å². The van der Waals surface area contributed by atoms with Crippen LogP contribution in [-0.2, 0) is 11.3 Å². The molecule has 2 aliphatic rings. The molecule has 1 amide bonds. The van der Waals surface area contributed by atoms with Gasteiger partial charge in [0.25, 0.3) is 0 Å². The predicted molar refractivity (Wildman–Crippen MR) is 83.6 cm³/mol. The fourth-order valence-electron chi connectivity index (χ4n) is 3.14. The number of hydrogen-bond acceptors (Lipinski definition) is 6. The van der Waals surface area contributed by atoms with Crippen LogP contribution in [0.4, 0.5) is 0 Å². The van der Waals surface area contributed by atoms with Crippen molar-refractivity contribution >= 4 is 5.91 Å². The molecule has 1 aliphatic carbocycles. The lowest BCUT2D eigenvalue weighted by molar-refractivity contribution is -0.131. The number of β-amino-alcohol motifs (C(OH)–C–C–N with tert-alkyl or cyclic N) is 1. The first-order chi connectivity index (χ1) is 11.1. The van der Waals surface area contributed by atoms with Gasteiger partial charge in [0.2, 0.25) is 11.8 Å². The Labute approximate surface area is 136 Å². The van der Waals surface area contributed by atoms with Gasteiger partial charge >= 0.3 is 0 Å². The van der Waals surface area contributed by atoms with Crippen molar-refractivity contribution in [3.05, 3.63) is 11.7 Å². The maximum absolute atomic E-state index is 12.0. The van der Waals surface area contributed by atoms with Crippen LogP contribution in [0, 0.1) is 0 Å². The van der Waals surface area contributed by atoms with E-state index in [-0.39, 0.29) is 18.1 Å². The topological polar surface area (TPSA) is 82.7 Å². The van der Waals surface area contributed by atoms with Gasteiger partial charge in [0.1, 0.15) is 0 Å². The fourth-order valence-corrected chi connectivity index (χ4v) is 3.14. The molecule has 7 heteroatoms. The number of rotatable bonds is 7. The Hall–Kier alpha value is -1.47. The zero-order valence-electron chi connectivity index (χ0n) is 13.9. The van der Waals surface area contributed by atoms with Gasteiger partial charge in [0.05, 0.1) is 12.6 Å². The first-order valence-electron chi connectivity index (χ1n) is 8.57. The average Bonchev–Trinajstić information content (AvgIpc) is 3.10. The van der Waals surface area contributed by atoms with Crippen molar-refractivity contribution < 1.29 is 14.4 Å². The van der Waals surface area contributed by atoms with E-state index in [4.69, 9.17) is 4.52 Å². The fraction of sp³-hybridized carbons (Fsp3) is 0.812. The summed E-state index contributed by atoms with van der Waals surface area (Å²) >= 11 is 0. The lowest BCUT2D eigenvalue weighted by atomic mass is 10.2. The smallest absolute Gasteiger partial charge is 0.229 e. The number of amides is 1. The van der Waals surface area contributed by atoms with Crippen LogP contribution in [0.1, 0.15) is 57.2 Å². The first kappa shape index (κ1) is 16.4. The molecule has 23 heavy (non-hydrogen) atoms. The summed E-state index contributed by atoms with van der Waals surface area (Å²) in [5.74, 6) is 1.77. The van der Waals surface area contributed by atoms with Crippen LogP contribution in [0.25, 0.3) is 0 Å². The Kier molecular flexibility index (Phi) is 4.96.